The van der Waals surface area contributed by atoms with E-state index in [2.05, 4.69) is 0 Å². The molecule has 0 saturated heterocycles. The quantitative estimate of drug-likeness (QED) is 0.693. The van der Waals surface area contributed by atoms with Crippen LogP contribution in [0.2, 0.25) is 0 Å². The van der Waals surface area contributed by atoms with Crippen LogP contribution in [0.4, 0.5) is 0 Å². The molecule has 3 nitrogen and oxygen atoms in total. The number of aliphatic hydroxyl groups excluding tert-OH is 1. The van der Waals surface area contributed by atoms with Crippen LogP contribution in [-0.2, 0) is 0 Å². The molecule has 1 heterocycles. The fraction of sp³-hybridized carbons (Fsp3) is 0.556. The first-order valence-electron chi connectivity index (χ1n) is 4.15. The van der Waals surface area contributed by atoms with Crippen molar-refractivity contribution in [2.75, 3.05) is 0 Å². The Morgan fingerprint density at radius 2 is 2.25 bits per heavy atom. The molecule has 1 aliphatic carbocycles. The lowest BCUT2D eigenvalue weighted by molar-refractivity contribution is 0.110. The van der Waals surface area contributed by atoms with Gasteiger partial charge < -0.3 is 15.3 Å². The summed E-state index contributed by atoms with van der Waals surface area (Å²) < 4.78 is 5.28. The van der Waals surface area contributed by atoms with E-state index in [0.717, 1.165) is 18.6 Å². The Labute approximate surface area is 71.2 Å². The van der Waals surface area contributed by atoms with Crippen molar-refractivity contribution in [3.63, 3.8) is 0 Å². The Kier molecular flexibility index (Phi) is 1.53. The third-order valence-electron chi connectivity index (χ3n) is 2.40. The lowest BCUT2D eigenvalue weighted by Crippen LogP contribution is -2.30. The number of nitrogens with two attached hydrogens (primary N) is 1. The summed E-state index contributed by atoms with van der Waals surface area (Å²) in [5.74, 6) is 1.40. The molecule has 1 unspecified atom stereocenters. The van der Waals surface area contributed by atoms with Crippen LogP contribution in [0.25, 0.3) is 0 Å². The summed E-state index contributed by atoms with van der Waals surface area (Å²) in [6, 6.07) is 3.62. The van der Waals surface area contributed by atoms with Crippen molar-refractivity contribution in [2.45, 2.75) is 31.4 Å². The van der Waals surface area contributed by atoms with E-state index in [1.54, 1.807) is 6.07 Å². The monoisotopic (exact) mass is 167 g/mol. The Balaban J connectivity index is 2.19. The largest absolute Gasteiger partial charge is 0.464 e. The van der Waals surface area contributed by atoms with E-state index in [4.69, 9.17) is 10.2 Å². The third kappa shape index (κ3) is 1.15. The average molecular weight is 167 g/mol. The van der Waals surface area contributed by atoms with E-state index < -0.39 is 11.6 Å². The Morgan fingerprint density at radius 1 is 1.58 bits per heavy atom. The van der Waals surface area contributed by atoms with Gasteiger partial charge in [0, 0.05) is 5.54 Å². The number of hydrogen-bond acceptors (Lipinski definition) is 3. The minimum atomic E-state index is -0.633. The van der Waals surface area contributed by atoms with Crippen LogP contribution in [0.5, 0.6) is 0 Å². The maximum atomic E-state index is 9.71. The highest BCUT2D eigenvalue weighted by molar-refractivity contribution is 5.17. The van der Waals surface area contributed by atoms with E-state index >= 15 is 0 Å². The van der Waals surface area contributed by atoms with E-state index in [1.165, 1.54) is 0 Å². The summed E-state index contributed by atoms with van der Waals surface area (Å²) in [6.07, 6.45) is 1.13. The van der Waals surface area contributed by atoms with E-state index in [-0.39, 0.29) is 0 Å². The van der Waals surface area contributed by atoms with Crippen LogP contribution in [0.1, 0.15) is 30.5 Å². The summed E-state index contributed by atoms with van der Waals surface area (Å²) in [5.41, 5.74) is 5.41. The summed E-state index contributed by atoms with van der Waals surface area (Å²) >= 11 is 0. The Morgan fingerprint density at radius 3 is 2.67 bits per heavy atom. The highest BCUT2D eigenvalue weighted by atomic mass is 16.4. The zero-order chi connectivity index (χ0) is 8.77. The van der Waals surface area contributed by atoms with Crippen LogP contribution in [0, 0.1) is 6.92 Å². The highest BCUT2D eigenvalue weighted by Gasteiger charge is 2.47. The fourth-order valence-corrected chi connectivity index (χ4v) is 1.30. The SMILES string of the molecule is Cc1ccc(C(O)C2(N)CC2)o1. The van der Waals surface area contributed by atoms with Gasteiger partial charge in [0.15, 0.2) is 0 Å². The van der Waals surface area contributed by atoms with Crippen molar-refractivity contribution in [1.82, 2.24) is 0 Å². The van der Waals surface area contributed by atoms with Gasteiger partial charge in [-0.15, -0.1) is 0 Å². The lowest BCUT2D eigenvalue weighted by Gasteiger charge is -2.14. The summed E-state index contributed by atoms with van der Waals surface area (Å²) in [5, 5.41) is 9.71. The topological polar surface area (TPSA) is 59.4 Å². The van der Waals surface area contributed by atoms with Gasteiger partial charge >= 0.3 is 0 Å². The molecule has 0 aromatic carbocycles. The number of aryl methyl sites for hydroxylation is 1. The molecule has 1 aliphatic rings. The van der Waals surface area contributed by atoms with Crippen LogP contribution < -0.4 is 5.73 Å². The number of aliphatic hydroxyl groups is 1. The lowest BCUT2D eigenvalue weighted by atomic mass is 10.1. The molecule has 1 aromatic rings. The minimum absolute atomic E-state index is 0.412. The first-order valence-corrected chi connectivity index (χ1v) is 4.15. The van der Waals surface area contributed by atoms with Crippen LogP contribution >= 0.6 is 0 Å². The molecule has 0 spiro atoms. The molecular formula is C9H13NO2. The minimum Gasteiger partial charge on any atom is -0.464 e. The maximum Gasteiger partial charge on any atom is 0.134 e. The smallest absolute Gasteiger partial charge is 0.134 e. The molecule has 12 heavy (non-hydrogen) atoms. The van der Waals surface area contributed by atoms with Gasteiger partial charge in [0.2, 0.25) is 0 Å². The molecule has 66 valence electrons. The Bertz CT molecular complexity index is 288. The molecule has 1 saturated carbocycles. The average Bonchev–Trinajstić information content (AvgIpc) is 2.62. The Hall–Kier alpha value is -0.800. The summed E-state index contributed by atoms with van der Waals surface area (Å²) in [6.45, 7) is 1.85. The highest BCUT2D eigenvalue weighted by Crippen LogP contribution is 2.43. The van der Waals surface area contributed by atoms with Crippen LogP contribution in [0.15, 0.2) is 16.5 Å². The van der Waals surface area contributed by atoms with Gasteiger partial charge in [-0.05, 0) is 31.9 Å². The number of rotatable bonds is 2. The predicted molar refractivity (Wildman–Crippen MR) is 44.6 cm³/mol. The molecule has 0 bridgehead atoms. The molecular weight excluding hydrogens is 154 g/mol. The van der Waals surface area contributed by atoms with Crippen molar-refractivity contribution >= 4 is 0 Å². The summed E-state index contributed by atoms with van der Waals surface area (Å²) in [4.78, 5) is 0. The van der Waals surface area contributed by atoms with Crippen molar-refractivity contribution < 1.29 is 9.52 Å². The molecule has 3 N–H and O–H groups in total. The van der Waals surface area contributed by atoms with E-state index in [9.17, 15) is 5.11 Å². The number of furan rings is 1. The molecule has 0 aliphatic heterocycles. The zero-order valence-electron chi connectivity index (χ0n) is 7.08. The van der Waals surface area contributed by atoms with Crippen LogP contribution in [0.3, 0.4) is 0 Å². The van der Waals surface area contributed by atoms with Gasteiger partial charge in [0.1, 0.15) is 17.6 Å². The van der Waals surface area contributed by atoms with Gasteiger partial charge in [-0.3, -0.25) is 0 Å². The van der Waals surface area contributed by atoms with E-state index in [1.807, 2.05) is 13.0 Å². The fourth-order valence-electron chi connectivity index (χ4n) is 1.30. The predicted octanol–water partition coefficient (Wildman–Crippen LogP) is 1.11. The zero-order valence-corrected chi connectivity index (χ0v) is 7.08. The number of hydrogen-bond donors (Lipinski definition) is 2. The van der Waals surface area contributed by atoms with Gasteiger partial charge in [-0.1, -0.05) is 0 Å². The summed E-state index contributed by atoms with van der Waals surface area (Å²) in [7, 11) is 0. The molecule has 0 amide bonds. The van der Waals surface area contributed by atoms with Crippen molar-refractivity contribution in [1.29, 1.82) is 0 Å². The molecule has 3 heteroatoms. The molecule has 2 rings (SSSR count). The first-order chi connectivity index (χ1) is 5.62. The van der Waals surface area contributed by atoms with Gasteiger partial charge in [-0.2, -0.15) is 0 Å². The van der Waals surface area contributed by atoms with E-state index in [0.29, 0.717) is 5.76 Å². The van der Waals surface area contributed by atoms with Gasteiger partial charge in [0.05, 0.1) is 0 Å². The van der Waals surface area contributed by atoms with Crippen molar-refractivity contribution in [2.24, 2.45) is 5.73 Å². The molecule has 0 radical (unpaired) electrons. The maximum absolute atomic E-state index is 9.71. The van der Waals surface area contributed by atoms with Crippen molar-refractivity contribution in [3.05, 3.63) is 23.7 Å². The van der Waals surface area contributed by atoms with Crippen LogP contribution in [-0.4, -0.2) is 10.6 Å². The standard InChI is InChI=1S/C9H13NO2/c1-6-2-3-7(12-6)8(11)9(10)4-5-9/h2-3,8,11H,4-5,10H2,1H3. The second-order valence-electron chi connectivity index (χ2n) is 3.58. The molecule has 1 atom stereocenters. The second kappa shape index (κ2) is 2.34. The third-order valence-corrected chi connectivity index (χ3v) is 2.40. The molecule has 1 fully saturated rings. The first kappa shape index (κ1) is 7.83. The van der Waals surface area contributed by atoms with Gasteiger partial charge in [0.25, 0.3) is 0 Å². The molecule has 1 aromatic heterocycles. The van der Waals surface area contributed by atoms with Gasteiger partial charge in [-0.25, -0.2) is 0 Å². The second-order valence-corrected chi connectivity index (χ2v) is 3.58. The normalized spacial score (nSPS) is 22.2. The van der Waals surface area contributed by atoms with Crippen molar-refractivity contribution in [3.8, 4) is 0 Å².